The average molecular weight is 489 g/mol. The Bertz CT molecular complexity index is 1220. The Balaban J connectivity index is 1.76. The Morgan fingerprint density at radius 3 is 2.43 bits per heavy atom. The molecule has 2 aromatic carbocycles. The number of ether oxygens (including phenoxy) is 1. The van der Waals surface area contributed by atoms with E-state index in [1.165, 1.54) is 29.2 Å². The second kappa shape index (κ2) is 9.09. The van der Waals surface area contributed by atoms with Crippen molar-refractivity contribution >= 4 is 28.6 Å². The monoisotopic (exact) mass is 488 g/mol. The molecule has 6 nitrogen and oxygen atoms in total. The Labute approximate surface area is 203 Å². The van der Waals surface area contributed by atoms with Crippen LogP contribution in [0.3, 0.4) is 0 Å². The molecule has 1 aliphatic carbocycles. The van der Waals surface area contributed by atoms with E-state index in [2.05, 4.69) is 35.4 Å². The van der Waals surface area contributed by atoms with Gasteiger partial charge in [-0.2, -0.15) is 0 Å². The second-order valence-electron chi connectivity index (χ2n) is 10.5. The highest BCUT2D eigenvalue weighted by Gasteiger charge is 2.35. The predicted octanol–water partition coefficient (Wildman–Crippen LogP) is 6.77. The summed E-state index contributed by atoms with van der Waals surface area (Å²) in [5.74, 6) is 0.728. The maximum atomic E-state index is 12.6. The van der Waals surface area contributed by atoms with Crippen molar-refractivity contribution in [2.75, 3.05) is 19.4 Å². The summed E-state index contributed by atoms with van der Waals surface area (Å²) in [5, 5.41) is 3.28. The SMILES string of the molecule is CC1CC(n2c(Nc3ccc(OC(F)(F)F)cc3)nc3ccc(C(=O)N(C)C)cc32)CC(C)(C)C1. The van der Waals surface area contributed by atoms with E-state index >= 15 is 0 Å². The highest BCUT2D eigenvalue weighted by molar-refractivity contribution is 5.97. The van der Waals surface area contributed by atoms with E-state index < -0.39 is 6.36 Å². The summed E-state index contributed by atoms with van der Waals surface area (Å²) in [4.78, 5) is 19.0. The molecule has 1 aliphatic rings. The van der Waals surface area contributed by atoms with Crippen molar-refractivity contribution in [2.45, 2.75) is 52.4 Å². The van der Waals surface area contributed by atoms with Crippen LogP contribution in [0.1, 0.15) is 56.4 Å². The summed E-state index contributed by atoms with van der Waals surface area (Å²) in [6, 6.07) is 11.2. The summed E-state index contributed by atoms with van der Waals surface area (Å²) >= 11 is 0. The Morgan fingerprint density at radius 1 is 1.14 bits per heavy atom. The summed E-state index contributed by atoms with van der Waals surface area (Å²) in [6.45, 7) is 6.78. The number of nitrogens with one attached hydrogen (secondary N) is 1. The number of carbonyl (C=O) groups excluding carboxylic acids is 1. The van der Waals surface area contributed by atoms with Gasteiger partial charge in [0.15, 0.2) is 0 Å². The van der Waals surface area contributed by atoms with Crippen LogP contribution in [0.25, 0.3) is 11.0 Å². The fraction of sp³-hybridized carbons (Fsp3) is 0.462. The van der Waals surface area contributed by atoms with Crippen molar-refractivity contribution in [3.63, 3.8) is 0 Å². The number of imidazole rings is 1. The largest absolute Gasteiger partial charge is 0.573 e. The maximum Gasteiger partial charge on any atom is 0.573 e. The predicted molar refractivity (Wildman–Crippen MR) is 130 cm³/mol. The Kier molecular flexibility index (Phi) is 6.46. The third-order valence-corrected chi connectivity index (χ3v) is 6.42. The topological polar surface area (TPSA) is 59.4 Å². The van der Waals surface area contributed by atoms with Crippen LogP contribution in [-0.4, -0.2) is 40.8 Å². The number of hydrogen-bond donors (Lipinski definition) is 1. The molecule has 0 saturated heterocycles. The normalized spacial score (nSPS) is 20.0. The lowest BCUT2D eigenvalue weighted by molar-refractivity contribution is -0.274. The van der Waals surface area contributed by atoms with Gasteiger partial charge in [0, 0.05) is 31.4 Å². The Hall–Kier alpha value is -3.23. The van der Waals surface area contributed by atoms with E-state index in [0.717, 1.165) is 30.3 Å². The number of aromatic nitrogens is 2. The summed E-state index contributed by atoms with van der Waals surface area (Å²) < 4.78 is 43.7. The molecule has 1 heterocycles. The summed E-state index contributed by atoms with van der Waals surface area (Å²) in [6.07, 6.45) is -1.70. The lowest BCUT2D eigenvalue weighted by Crippen LogP contribution is -2.30. The zero-order valence-corrected chi connectivity index (χ0v) is 20.6. The lowest BCUT2D eigenvalue weighted by Gasteiger charge is -2.40. The number of carbonyl (C=O) groups is 1. The van der Waals surface area contributed by atoms with Crippen LogP contribution in [0.5, 0.6) is 5.75 Å². The van der Waals surface area contributed by atoms with Gasteiger partial charge >= 0.3 is 6.36 Å². The average Bonchev–Trinajstić information content (AvgIpc) is 3.09. The van der Waals surface area contributed by atoms with Crippen molar-refractivity contribution in [1.82, 2.24) is 14.5 Å². The van der Waals surface area contributed by atoms with Crippen LogP contribution < -0.4 is 10.1 Å². The number of nitrogens with zero attached hydrogens (tertiary/aromatic N) is 3. The van der Waals surface area contributed by atoms with Gasteiger partial charge in [-0.1, -0.05) is 20.8 Å². The summed E-state index contributed by atoms with van der Waals surface area (Å²) in [5.41, 5.74) is 2.91. The number of halogens is 3. The van der Waals surface area contributed by atoms with Gasteiger partial charge in [-0.15, -0.1) is 13.2 Å². The van der Waals surface area contributed by atoms with Crippen LogP contribution in [0.15, 0.2) is 42.5 Å². The number of hydrogen-bond acceptors (Lipinski definition) is 4. The first kappa shape index (κ1) is 24.9. The molecule has 1 fully saturated rings. The van der Waals surface area contributed by atoms with Crippen LogP contribution in [0.4, 0.5) is 24.8 Å². The molecule has 0 bridgehead atoms. The quantitative estimate of drug-likeness (QED) is 0.431. The minimum atomic E-state index is -4.74. The van der Waals surface area contributed by atoms with Crippen molar-refractivity contribution in [3.05, 3.63) is 48.0 Å². The van der Waals surface area contributed by atoms with Crippen molar-refractivity contribution in [3.8, 4) is 5.75 Å². The summed E-state index contributed by atoms with van der Waals surface area (Å²) in [7, 11) is 3.43. The van der Waals surface area contributed by atoms with Crippen molar-refractivity contribution in [1.29, 1.82) is 0 Å². The smallest absolute Gasteiger partial charge is 0.406 e. The van der Waals surface area contributed by atoms with Gasteiger partial charge in [0.1, 0.15) is 5.75 Å². The molecule has 1 N–H and O–H groups in total. The van der Waals surface area contributed by atoms with Gasteiger partial charge in [0.25, 0.3) is 5.91 Å². The Morgan fingerprint density at radius 2 is 1.83 bits per heavy atom. The first-order chi connectivity index (χ1) is 16.3. The lowest BCUT2D eigenvalue weighted by atomic mass is 9.70. The molecule has 1 amide bonds. The standard InChI is InChI=1S/C26H31F3N4O2/c1-16-12-19(15-25(2,3)14-16)33-22-13-17(23(34)32(4)5)6-11-21(22)31-24(33)30-18-7-9-20(10-8-18)35-26(27,28)29/h6-11,13,16,19H,12,14-15H2,1-5H3,(H,30,31). The zero-order valence-electron chi connectivity index (χ0n) is 20.6. The third kappa shape index (κ3) is 5.71. The number of rotatable bonds is 5. The molecule has 1 saturated carbocycles. The molecule has 0 aliphatic heterocycles. The fourth-order valence-corrected chi connectivity index (χ4v) is 5.30. The highest BCUT2D eigenvalue weighted by atomic mass is 19.4. The van der Waals surface area contributed by atoms with Gasteiger partial charge in [0.05, 0.1) is 11.0 Å². The van der Waals surface area contributed by atoms with Crippen molar-refractivity contribution < 1.29 is 22.7 Å². The maximum absolute atomic E-state index is 12.6. The van der Waals surface area contributed by atoms with Gasteiger partial charge in [-0.3, -0.25) is 4.79 Å². The minimum Gasteiger partial charge on any atom is -0.406 e. The van der Waals surface area contributed by atoms with Crippen LogP contribution in [-0.2, 0) is 0 Å². The van der Waals surface area contributed by atoms with Crippen LogP contribution in [0, 0.1) is 11.3 Å². The molecule has 35 heavy (non-hydrogen) atoms. The molecule has 4 rings (SSSR count). The number of amides is 1. The van der Waals surface area contributed by atoms with Crippen LogP contribution >= 0.6 is 0 Å². The van der Waals surface area contributed by atoms with Gasteiger partial charge in [0.2, 0.25) is 5.95 Å². The molecule has 2 unspecified atom stereocenters. The molecule has 0 spiro atoms. The van der Waals surface area contributed by atoms with E-state index in [-0.39, 0.29) is 23.1 Å². The van der Waals surface area contributed by atoms with Crippen molar-refractivity contribution in [2.24, 2.45) is 11.3 Å². The first-order valence-corrected chi connectivity index (χ1v) is 11.7. The first-order valence-electron chi connectivity index (χ1n) is 11.7. The highest BCUT2D eigenvalue weighted by Crippen LogP contribution is 2.46. The minimum absolute atomic E-state index is 0.0910. The number of fused-ring (bicyclic) bond motifs is 1. The van der Waals surface area contributed by atoms with E-state index in [1.807, 2.05) is 12.1 Å². The zero-order chi connectivity index (χ0) is 25.5. The molecule has 0 radical (unpaired) electrons. The molecule has 9 heteroatoms. The molecule has 2 atom stereocenters. The third-order valence-electron chi connectivity index (χ3n) is 6.42. The number of anilines is 2. The van der Waals surface area contributed by atoms with Gasteiger partial charge in [-0.05, 0) is 73.1 Å². The fourth-order valence-electron chi connectivity index (χ4n) is 5.30. The van der Waals surface area contributed by atoms with E-state index in [1.54, 1.807) is 20.2 Å². The van der Waals surface area contributed by atoms with Crippen LogP contribution in [0.2, 0.25) is 0 Å². The molecule has 1 aromatic heterocycles. The van der Waals surface area contributed by atoms with E-state index in [9.17, 15) is 18.0 Å². The number of alkyl halides is 3. The van der Waals surface area contributed by atoms with E-state index in [0.29, 0.717) is 23.1 Å². The van der Waals surface area contributed by atoms with Gasteiger partial charge < -0.3 is 19.5 Å². The van der Waals surface area contributed by atoms with E-state index in [4.69, 9.17) is 4.98 Å². The molecule has 188 valence electrons. The second-order valence-corrected chi connectivity index (χ2v) is 10.5. The molecule has 3 aromatic rings. The van der Waals surface area contributed by atoms with Gasteiger partial charge in [-0.25, -0.2) is 4.98 Å². The molecular formula is C26H31F3N4O2. The number of benzene rings is 2. The molecular weight excluding hydrogens is 457 g/mol.